The van der Waals surface area contributed by atoms with E-state index < -0.39 is 27.6 Å². The van der Waals surface area contributed by atoms with E-state index in [1.54, 1.807) is 30.3 Å². The summed E-state index contributed by atoms with van der Waals surface area (Å²) in [5, 5.41) is 3.26. The molecule has 0 aliphatic carbocycles. The third kappa shape index (κ3) is 5.10. The molecule has 6 rings (SSSR count). The van der Waals surface area contributed by atoms with Crippen LogP contribution in [0.25, 0.3) is 56.0 Å². The third-order valence-corrected chi connectivity index (χ3v) is 8.52. The van der Waals surface area contributed by atoms with Gasteiger partial charge in [0.1, 0.15) is 28.5 Å². The molecule has 0 atom stereocenters. The number of amides is 1. The van der Waals surface area contributed by atoms with Gasteiger partial charge in [-0.25, -0.2) is 22.2 Å². The molecule has 0 unspecified atom stereocenters. The number of nitrogens with zero attached hydrogens (tertiary/aromatic N) is 2. The highest BCUT2D eigenvalue weighted by Crippen LogP contribution is 2.42. The molecule has 0 radical (unpaired) electrons. The summed E-state index contributed by atoms with van der Waals surface area (Å²) in [6.07, 6.45) is 1.03. The maximum absolute atomic E-state index is 15.2. The molecule has 1 amide bonds. The molecule has 0 aliphatic heterocycles. The summed E-state index contributed by atoms with van der Waals surface area (Å²) in [5.74, 6) is -1.33. The van der Waals surface area contributed by atoms with Crippen molar-refractivity contribution in [1.29, 1.82) is 0 Å². The molecule has 0 saturated heterocycles. The Morgan fingerprint density at radius 2 is 1.65 bits per heavy atom. The molecule has 43 heavy (non-hydrogen) atoms. The minimum Gasteiger partial charge on any atom is -0.455 e. The lowest BCUT2D eigenvalue weighted by atomic mass is 9.97. The van der Waals surface area contributed by atoms with Gasteiger partial charge in [0.15, 0.2) is 5.58 Å². The van der Waals surface area contributed by atoms with E-state index in [9.17, 15) is 17.6 Å². The first-order valence-electron chi connectivity index (χ1n) is 12.8. The number of fused-ring (bicyclic) bond motifs is 2. The second-order valence-electron chi connectivity index (χ2n) is 9.82. The molecule has 12 heteroatoms. The van der Waals surface area contributed by atoms with Crippen molar-refractivity contribution in [3.05, 3.63) is 95.0 Å². The van der Waals surface area contributed by atoms with E-state index >= 15 is 4.39 Å². The molecule has 8 nitrogen and oxygen atoms in total. The molecule has 0 bridgehead atoms. The first kappa shape index (κ1) is 28.4. The predicted molar refractivity (Wildman–Crippen MR) is 162 cm³/mol. The normalized spacial score (nSPS) is 11.8. The van der Waals surface area contributed by atoms with Gasteiger partial charge in [-0.15, -0.1) is 0 Å². The van der Waals surface area contributed by atoms with E-state index in [-0.39, 0.29) is 45.2 Å². The number of carbonyl (C=O) groups excluding carboxylic acids is 1. The van der Waals surface area contributed by atoms with Gasteiger partial charge in [0.05, 0.1) is 22.5 Å². The summed E-state index contributed by atoms with van der Waals surface area (Å²) in [5.41, 5.74) is 2.59. The van der Waals surface area contributed by atoms with E-state index in [2.05, 4.69) is 10.3 Å². The van der Waals surface area contributed by atoms with Crippen molar-refractivity contribution in [2.75, 3.05) is 24.7 Å². The maximum atomic E-state index is 15.2. The van der Waals surface area contributed by atoms with E-state index in [1.165, 1.54) is 56.6 Å². The van der Waals surface area contributed by atoms with Gasteiger partial charge in [-0.2, -0.15) is 0 Å². The number of nitrogens with one attached hydrogen (secondary N) is 1. The third-order valence-electron chi connectivity index (χ3n) is 7.03. The second kappa shape index (κ2) is 10.5. The highest BCUT2D eigenvalue weighted by Gasteiger charge is 2.26. The molecular weight excluding hydrogens is 600 g/mol. The Kier molecular flexibility index (Phi) is 6.94. The molecule has 4 aromatic carbocycles. The Morgan fingerprint density at radius 3 is 2.33 bits per heavy atom. The quantitative estimate of drug-likeness (QED) is 0.210. The first-order chi connectivity index (χ1) is 20.4. The second-order valence-corrected chi connectivity index (χ2v) is 12.2. The van der Waals surface area contributed by atoms with Crippen LogP contribution in [0.4, 0.5) is 14.5 Å². The number of oxazole rings is 1. The minimum absolute atomic E-state index is 0.107. The van der Waals surface area contributed by atoms with Gasteiger partial charge in [0.2, 0.25) is 15.9 Å². The van der Waals surface area contributed by atoms with Crippen LogP contribution in [0, 0.1) is 11.6 Å². The van der Waals surface area contributed by atoms with Gasteiger partial charge in [-0.3, -0.25) is 9.10 Å². The maximum Gasteiger partial charge on any atom is 0.255 e. The van der Waals surface area contributed by atoms with Crippen LogP contribution in [-0.2, 0) is 10.0 Å². The van der Waals surface area contributed by atoms with Crippen LogP contribution in [0.15, 0.2) is 81.6 Å². The Labute approximate surface area is 249 Å². The van der Waals surface area contributed by atoms with E-state index in [0.717, 1.165) is 10.6 Å². The van der Waals surface area contributed by atoms with Crippen LogP contribution in [0.2, 0.25) is 5.02 Å². The largest absolute Gasteiger partial charge is 0.455 e. The highest BCUT2D eigenvalue weighted by molar-refractivity contribution is 7.92. The lowest BCUT2D eigenvalue weighted by Crippen LogP contribution is -2.25. The predicted octanol–water partition coefficient (Wildman–Crippen LogP) is 7.26. The van der Waals surface area contributed by atoms with Crippen molar-refractivity contribution >= 4 is 55.3 Å². The number of furan rings is 1. The fourth-order valence-electron chi connectivity index (χ4n) is 4.87. The molecule has 2 heterocycles. The summed E-state index contributed by atoms with van der Waals surface area (Å²) in [4.78, 5) is 17.6. The smallest absolute Gasteiger partial charge is 0.255 e. The number of hydrogen-bond acceptors (Lipinski definition) is 6. The van der Waals surface area contributed by atoms with Gasteiger partial charge in [-0.1, -0.05) is 17.7 Å². The zero-order valence-corrected chi connectivity index (χ0v) is 24.5. The van der Waals surface area contributed by atoms with Crippen molar-refractivity contribution in [3.63, 3.8) is 0 Å². The van der Waals surface area contributed by atoms with Crippen LogP contribution >= 0.6 is 11.6 Å². The number of benzene rings is 4. The minimum atomic E-state index is -3.80. The molecule has 218 valence electrons. The van der Waals surface area contributed by atoms with Crippen LogP contribution < -0.4 is 9.62 Å². The molecule has 2 aromatic heterocycles. The standard InChI is InChI=1S/C31H22ClF2N3O5S/c1-35-30(38)27-22-14-21(17-11-18(13-20(34)12-17)31-36-24-6-4-5-23(32)29(24)42-31)25(37(2)43(3,39)40)15-26(22)41-28(27)16-7-9-19(33)10-8-16/h4-15H,1-3H3,(H,35,38). The summed E-state index contributed by atoms with van der Waals surface area (Å²) < 4.78 is 67.2. The summed E-state index contributed by atoms with van der Waals surface area (Å²) in [6.45, 7) is 0. The molecule has 0 fully saturated rings. The van der Waals surface area contributed by atoms with Crippen molar-refractivity contribution < 1.29 is 30.8 Å². The lowest BCUT2D eigenvalue weighted by molar-refractivity contribution is 0.0964. The number of para-hydroxylation sites is 1. The molecule has 0 aliphatic rings. The van der Waals surface area contributed by atoms with Crippen LogP contribution in [-0.4, -0.2) is 39.7 Å². The summed E-state index contributed by atoms with van der Waals surface area (Å²) >= 11 is 6.25. The van der Waals surface area contributed by atoms with Crippen LogP contribution in [0.5, 0.6) is 0 Å². The Bertz CT molecular complexity index is 2180. The molecular formula is C31H22ClF2N3O5S. The Hall–Kier alpha value is -4.74. The Balaban J connectivity index is 1.63. The number of anilines is 1. The molecule has 6 aromatic rings. The number of sulfonamides is 1. The fourth-order valence-corrected chi connectivity index (χ4v) is 5.58. The van der Waals surface area contributed by atoms with E-state index in [1.807, 2.05) is 0 Å². The molecule has 0 spiro atoms. The molecule has 1 N–H and O–H groups in total. The van der Waals surface area contributed by atoms with Crippen molar-refractivity contribution in [3.8, 4) is 33.9 Å². The number of carbonyl (C=O) groups is 1. The van der Waals surface area contributed by atoms with Crippen molar-refractivity contribution in [2.45, 2.75) is 0 Å². The number of halogens is 3. The zero-order valence-electron chi connectivity index (χ0n) is 22.9. The van der Waals surface area contributed by atoms with E-state index in [0.29, 0.717) is 27.1 Å². The first-order valence-corrected chi connectivity index (χ1v) is 15.1. The average molecular weight is 622 g/mol. The fraction of sp³-hybridized carbons (Fsp3) is 0.0968. The molecule has 0 saturated carbocycles. The van der Waals surface area contributed by atoms with Crippen LogP contribution in [0.1, 0.15) is 10.4 Å². The SMILES string of the molecule is CNC(=O)c1c(-c2ccc(F)cc2)oc2cc(N(C)S(C)(=O)=O)c(-c3cc(F)cc(-c4nc5cccc(Cl)c5o4)c3)cc12. The van der Waals surface area contributed by atoms with E-state index in [4.69, 9.17) is 20.4 Å². The summed E-state index contributed by atoms with van der Waals surface area (Å²) in [6, 6.07) is 17.6. The Morgan fingerprint density at radius 1 is 0.930 bits per heavy atom. The van der Waals surface area contributed by atoms with Gasteiger partial charge in [0, 0.05) is 42.2 Å². The van der Waals surface area contributed by atoms with Crippen LogP contribution in [0.3, 0.4) is 0 Å². The van der Waals surface area contributed by atoms with Crippen molar-refractivity contribution in [2.24, 2.45) is 0 Å². The number of hydrogen-bond donors (Lipinski definition) is 1. The summed E-state index contributed by atoms with van der Waals surface area (Å²) in [7, 11) is -0.994. The monoisotopic (exact) mass is 621 g/mol. The highest BCUT2D eigenvalue weighted by atomic mass is 35.5. The average Bonchev–Trinajstić information content (AvgIpc) is 3.58. The number of rotatable bonds is 6. The van der Waals surface area contributed by atoms with Gasteiger partial charge in [-0.05, 0) is 66.2 Å². The van der Waals surface area contributed by atoms with Gasteiger partial charge in [0.25, 0.3) is 5.91 Å². The van der Waals surface area contributed by atoms with Gasteiger partial charge < -0.3 is 14.2 Å². The topological polar surface area (TPSA) is 106 Å². The number of aromatic nitrogens is 1. The lowest BCUT2D eigenvalue weighted by Gasteiger charge is -2.21. The van der Waals surface area contributed by atoms with Gasteiger partial charge >= 0.3 is 0 Å². The van der Waals surface area contributed by atoms with Crippen molar-refractivity contribution in [1.82, 2.24) is 10.3 Å². The zero-order chi connectivity index (χ0) is 30.6.